The normalized spacial score (nSPS) is 15.2. The second-order valence-corrected chi connectivity index (χ2v) is 9.38. The number of hydrogen-bond acceptors (Lipinski definition) is 3. The Hall–Kier alpha value is -1.60. The van der Waals surface area contributed by atoms with Gasteiger partial charge >= 0.3 is 0 Å². The topological polar surface area (TPSA) is 75.3 Å². The smallest absolute Gasteiger partial charge is 0.252 e. The Morgan fingerprint density at radius 1 is 1.14 bits per heavy atom. The number of benzene rings is 2. The van der Waals surface area contributed by atoms with Crippen LogP contribution in [0, 0.1) is 0 Å². The van der Waals surface area contributed by atoms with Crippen LogP contribution >= 0.6 is 23.2 Å². The Morgan fingerprint density at radius 3 is 2.43 bits per heavy atom. The number of hydrogen-bond donors (Lipinski definition) is 2. The molecule has 0 spiro atoms. The first-order valence-corrected chi connectivity index (χ1v) is 11.4. The lowest BCUT2D eigenvalue weighted by atomic mass is 9.96. The van der Waals surface area contributed by atoms with Crippen molar-refractivity contribution in [2.45, 2.75) is 43.0 Å². The van der Waals surface area contributed by atoms with E-state index in [2.05, 4.69) is 10.0 Å². The van der Waals surface area contributed by atoms with Gasteiger partial charge in [0.05, 0.1) is 15.6 Å². The van der Waals surface area contributed by atoms with Crippen molar-refractivity contribution in [1.82, 2.24) is 10.0 Å². The summed E-state index contributed by atoms with van der Waals surface area (Å²) in [4.78, 5) is 12.6. The number of sulfonamides is 1. The molecule has 1 aliphatic carbocycles. The van der Waals surface area contributed by atoms with Gasteiger partial charge in [-0.1, -0.05) is 60.5 Å². The molecule has 28 heavy (non-hydrogen) atoms. The van der Waals surface area contributed by atoms with Gasteiger partial charge in [-0.3, -0.25) is 4.79 Å². The van der Waals surface area contributed by atoms with Crippen molar-refractivity contribution in [2.24, 2.45) is 0 Å². The quantitative estimate of drug-likeness (QED) is 0.639. The van der Waals surface area contributed by atoms with Crippen molar-refractivity contribution in [2.75, 3.05) is 6.54 Å². The van der Waals surface area contributed by atoms with Crippen molar-refractivity contribution in [1.29, 1.82) is 0 Å². The molecule has 0 aliphatic heterocycles. The molecule has 2 aromatic carbocycles. The molecular weight excluding hydrogens is 419 g/mol. The predicted molar refractivity (Wildman–Crippen MR) is 112 cm³/mol. The Morgan fingerprint density at radius 2 is 1.82 bits per heavy atom. The standard InChI is InChI=1S/C20H22Cl2N2O3S/c1-2-13(14-6-4-3-5-7-14)12-23-20(25)16-10-19(18(22)11-17(16)21)28(26,27)24-15-8-9-15/h3-7,10-11,13,15,24H,2,8-9,12H2,1H3,(H,23,25). The predicted octanol–water partition coefficient (Wildman–Crippen LogP) is 4.36. The van der Waals surface area contributed by atoms with Gasteiger partial charge in [0.1, 0.15) is 4.90 Å². The largest absolute Gasteiger partial charge is 0.351 e. The molecule has 0 radical (unpaired) electrons. The van der Waals surface area contributed by atoms with Gasteiger partial charge in [0.15, 0.2) is 0 Å². The maximum absolute atomic E-state index is 12.7. The van der Waals surface area contributed by atoms with E-state index in [1.165, 1.54) is 12.1 Å². The highest BCUT2D eigenvalue weighted by Gasteiger charge is 2.30. The van der Waals surface area contributed by atoms with Gasteiger partial charge in [-0.2, -0.15) is 0 Å². The third-order valence-corrected chi connectivity index (χ3v) is 7.03. The zero-order chi connectivity index (χ0) is 20.3. The second-order valence-electron chi connectivity index (χ2n) is 6.88. The summed E-state index contributed by atoms with van der Waals surface area (Å²) in [6, 6.07) is 12.4. The Bertz CT molecular complexity index is 961. The van der Waals surface area contributed by atoms with Crippen LogP contribution in [0.5, 0.6) is 0 Å². The Balaban J connectivity index is 1.78. The first-order valence-electron chi connectivity index (χ1n) is 9.16. The molecule has 1 aliphatic rings. The molecule has 3 rings (SSSR count). The summed E-state index contributed by atoms with van der Waals surface area (Å²) in [6.45, 7) is 2.47. The minimum Gasteiger partial charge on any atom is -0.351 e. The van der Waals surface area contributed by atoms with Gasteiger partial charge in [0.25, 0.3) is 5.91 Å². The third kappa shape index (κ3) is 5.06. The molecule has 1 saturated carbocycles. The van der Waals surface area contributed by atoms with E-state index in [0.29, 0.717) is 6.54 Å². The summed E-state index contributed by atoms with van der Waals surface area (Å²) >= 11 is 12.3. The van der Waals surface area contributed by atoms with Crippen molar-refractivity contribution in [3.8, 4) is 0 Å². The van der Waals surface area contributed by atoms with E-state index >= 15 is 0 Å². The van der Waals surface area contributed by atoms with Crippen LogP contribution in [0.3, 0.4) is 0 Å². The molecule has 1 amide bonds. The highest BCUT2D eigenvalue weighted by Crippen LogP contribution is 2.31. The van der Waals surface area contributed by atoms with E-state index in [9.17, 15) is 13.2 Å². The van der Waals surface area contributed by atoms with Gasteiger partial charge in [0.2, 0.25) is 10.0 Å². The average molecular weight is 441 g/mol. The van der Waals surface area contributed by atoms with Gasteiger partial charge in [-0.15, -0.1) is 0 Å². The molecular formula is C20H22Cl2N2O3S. The number of halogens is 2. The van der Waals surface area contributed by atoms with E-state index < -0.39 is 15.9 Å². The lowest BCUT2D eigenvalue weighted by Crippen LogP contribution is -2.29. The fourth-order valence-corrected chi connectivity index (χ4v) is 5.09. The second kappa shape index (κ2) is 8.82. The molecule has 1 atom stereocenters. The third-order valence-electron chi connectivity index (χ3n) is 4.73. The molecule has 0 heterocycles. The van der Waals surface area contributed by atoms with Gasteiger partial charge < -0.3 is 5.32 Å². The van der Waals surface area contributed by atoms with Crippen LogP contribution in [-0.4, -0.2) is 26.9 Å². The van der Waals surface area contributed by atoms with Crippen molar-refractivity contribution >= 4 is 39.1 Å². The lowest BCUT2D eigenvalue weighted by molar-refractivity contribution is 0.0951. The van der Waals surface area contributed by atoms with E-state index in [4.69, 9.17) is 23.2 Å². The summed E-state index contributed by atoms with van der Waals surface area (Å²) in [5.41, 5.74) is 1.22. The van der Waals surface area contributed by atoms with E-state index in [0.717, 1.165) is 24.8 Å². The van der Waals surface area contributed by atoms with Gasteiger partial charge in [0, 0.05) is 18.5 Å². The van der Waals surface area contributed by atoms with Crippen LogP contribution in [-0.2, 0) is 10.0 Å². The SMILES string of the molecule is CCC(CNC(=O)c1cc(S(=O)(=O)NC2CC2)c(Cl)cc1Cl)c1ccccc1. The molecule has 8 heteroatoms. The summed E-state index contributed by atoms with van der Waals surface area (Å²) in [5, 5.41) is 2.96. The summed E-state index contributed by atoms with van der Waals surface area (Å²) in [6.07, 6.45) is 2.45. The Labute approximate surface area is 175 Å². The summed E-state index contributed by atoms with van der Waals surface area (Å²) in [7, 11) is -3.80. The molecule has 0 bridgehead atoms. The first kappa shape index (κ1) is 21.1. The molecule has 1 unspecified atom stereocenters. The zero-order valence-electron chi connectivity index (χ0n) is 15.4. The zero-order valence-corrected chi connectivity index (χ0v) is 17.7. The number of amides is 1. The molecule has 0 saturated heterocycles. The first-order chi connectivity index (χ1) is 13.3. The number of nitrogens with one attached hydrogen (secondary N) is 2. The monoisotopic (exact) mass is 440 g/mol. The minimum absolute atomic E-state index is 0.00887. The molecule has 5 nitrogen and oxygen atoms in total. The molecule has 1 fully saturated rings. The van der Waals surface area contributed by atoms with E-state index in [-0.39, 0.29) is 32.5 Å². The van der Waals surface area contributed by atoms with Crippen molar-refractivity contribution < 1.29 is 13.2 Å². The van der Waals surface area contributed by atoms with Crippen LogP contribution in [0.25, 0.3) is 0 Å². The summed E-state index contributed by atoms with van der Waals surface area (Å²) in [5.74, 6) is -0.283. The van der Waals surface area contributed by atoms with Crippen LogP contribution in [0.4, 0.5) is 0 Å². The van der Waals surface area contributed by atoms with Crippen LogP contribution in [0.2, 0.25) is 10.0 Å². The molecule has 2 N–H and O–H groups in total. The molecule has 150 valence electrons. The van der Waals surface area contributed by atoms with Crippen molar-refractivity contribution in [3.05, 3.63) is 63.6 Å². The van der Waals surface area contributed by atoms with Crippen molar-refractivity contribution in [3.63, 3.8) is 0 Å². The number of carbonyl (C=O) groups excluding carboxylic acids is 1. The maximum Gasteiger partial charge on any atom is 0.252 e. The van der Waals surface area contributed by atoms with Crippen LogP contribution in [0.1, 0.15) is 48.0 Å². The highest BCUT2D eigenvalue weighted by atomic mass is 35.5. The van der Waals surface area contributed by atoms with Gasteiger partial charge in [-0.25, -0.2) is 13.1 Å². The lowest BCUT2D eigenvalue weighted by Gasteiger charge is -2.17. The number of rotatable bonds is 8. The van der Waals surface area contributed by atoms with Crippen LogP contribution in [0.15, 0.2) is 47.4 Å². The number of carbonyl (C=O) groups is 1. The maximum atomic E-state index is 12.7. The Kier molecular flexibility index (Phi) is 6.65. The minimum atomic E-state index is -3.80. The fraction of sp³-hybridized carbons (Fsp3) is 0.350. The fourth-order valence-electron chi connectivity index (χ4n) is 2.93. The van der Waals surface area contributed by atoms with Crippen LogP contribution < -0.4 is 10.0 Å². The van der Waals surface area contributed by atoms with Gasteiger partial charge in [-0.05, 0) is 37.0 Å². The average Bonchev–Trinajstić information content (AvgIpc) is 3.46. The van der Waals surface area contributed by atoms with E-state index in [1.54, 1.807) is 0 Å². The molecule has 0 aromatic heterocycles. The van der Waals surface area contributed by atoms with E-state index in [1.807, 2.05) is 37.3 Å². The summed E-state index contributed by atoms with van der Waals surface area (Å²) < 4.78 is 27.6. The highest BCUT2D eigenvalue weighted by molar-refractivity contribution is 7.89. The molecule has 2 aromatic rings.